The van der Waals surface area contributed by atoms with Crippen LogP contribution in [0.25, 0.3) is 11.0 Å². The summed E-state index contributed by atoms with van der Waals surface area (Å²) >= 11 is 6.24. The summed E-state index contributed by atoms with van der Waals surface area (Å²) in [5.41, 5.74) is 2.59. The summed E-state index contributed by atoms with van der Waals surface area (Å²) in [6.45, 7) is 0. The number of anilines is 2. The van der Waals surface area contributed by atoms with E-state index in [-0.39, 0.29) is 0 Å². The van der Waals surface area contributed by atoms with Crippen LogP contribution in [-0.4, -0.2) is 16.2 Å². The number of halogens is 1. The number of hydrogen-bond donors (Lipinski definition) is 1. The first-order chi connectivity index (χ1) is 9.28. The molecule has 0 aliphatic heterocycles. The van der Waals surface area contributed by atoms with E-state index < -0.39 is 0 Å². The average molecular weight is 274 g/mol. The molecule has 0 saturated heterocycles. The summed E-state index contributed by atoms with van der Waals surface area (Å²) in [6, 6.07) is 15.3. The molecule has 0 atom stereocenters. The van der Waals surface area contributed by atoms with Gasteiger partial charge in [0.1, 0.15) is 5.75 Å². The smallest absolute Gasteiger partial charge is 0.223 e. The van der Waals surface area contributed by atoms with E-state index in [1.807, 2.05) is 48.5 Å². The molecule has 0 spiro atoms. The van der Waals surface area contributed by atoms with E-state index in [1.54, 1.807) is 7.11 Å². The molecular formula is C14H12ClN3O. The monoisotopic (exact) mass is 273 g/mol. The molecule has 0 aliphatic rings. The fourth-order valence-corrected chi connectivity index (χ4v) is 2.13. The largest absolute Gasteiger partial charge is 0.497 e. The molecule has 5 heteroatoms. The average Bonchev–Trinajstić information content (AvgIpc) is 2.76. The zero-order valence-electron chi connectivity index (χ0n) is 10.3. The highest BCUT2D eigenvalue weighted by Crippen LogP contribution is 2.25. The van der Waals surface area contributed by atoms with E-state index in [0.717, 1.165) is 22.5 Å². The molecule has 0 fully saturated rings. The maximum Gasteiger partial charge on any atom is 0.223 e. The molecule has 0 radical (unpaired) electrons. The fraction of sp³-hybridized carbons (Fsp3) is 0.0714. The number of hydrogen-bond acceptors (Lipinski definition) is 3. The van der Waals surface area contributed by atoms with Gasteiger partial charge in [-0.05, 0) is 24.3 Å². The van der Waals surface area contributed by atoms with E-state index in [4.69, 9.17) is 16.5 Å². The Morgan fingerprint density at radius 1 is 1.16 bits per heavy atom. The van der Waals surface area contributed by atoms with Crippen LogP contribution >= 0.6 is 11.8 Å². The lowest BCUT2D eigenvalue weighted by atomic mass is 10.3. The summed E-state index contributed by atoms with van der Waals surface area (Å²) in [5.74, 6) is 1.36. The van der Waals surface area contributed by atoms with Crippen molar-refractivity contribution in [3.8, 4) is 5.75 Å². The minimum atomic E-state index is 0.580. The molecule has 0 amide bonds. The Bertz CT molecular complexity index is 724. The van der Waals surface area contributed by atoms with E-state index >= 15 is 0 Å². The topological polar surface area (TPSA) is 39.1 Å². The molecular weight excluding hydrogens is 262 g/mol. The Labute approximate surface area is 115 Å². The van der Waals surface area contributed by atoms with Gasteiger partial charge in [-0.2, -0.15) is 0 Å². The van der Waals surface area contributed by atoms with Crippen LogP contribution in [0.1, 0.15) is 0 Å². The Morgan fingerprint density at radius 3 is 2.79 bits per heavy atom. The Morgan fingerprint density at radius 2 is 2.00 bits per heavy atom. The highest BCUT2D eigenvalue weighted by Gasteiger charge is 2.08. The van der Waals surface area contributed by atoms with Gasteiger partial charge in [0.25, 0.3) is 0 Å². The van der Waals surface area contributed by atoms with Gasteiger partial charge in [-0.15, -0.1) is 0 Å². The second kappa shape index (κ2) is 4.82. The summed E-state index contributed by atoms with van der Waals surface area (Å²) in [5, 5.41) is 3.18. The standard InChI is InChI=1S/C14H12ClN3O/c1-19-11-6-4-5-10(9-11)16-14-17-12-7-2-3-8-13(12)18(14)15/h2-9H,1H3,(H,16,17). The van der Waals surface area contributed by atoms with Gasteiger partial charge in [0, 0.05) is 23.5 Å². The quantitative estimate of drug-likeness (QED) is 0.789. The molecule has 2 aromatic carbocycles. The van der Waals surface area contributed by atoms with Crippen LogP contribution in [0.2, 0.25) is 0 Å². The van der Waals surface area contributed by atoms with Gasteiger partial charge in [-0.1, -0.05) is 18.2 Å². The van der Waals surface area contributed by atoms with Crippen molar-refractivity contribution in [2.45, 2.75) is 0 Å². The fourth-order valence-electron chi connectivity index (χ4n) is 1.90. The van der Waals surface area contributed by atoms with Gasteiger partial charge in [0.15, 0.2) is 0 Å². The maximum atomic E-state index is 6.24. The normalized spacial score (nSPS) is 10.6. The van der Waals surface area contributed by atoms with Crippen LogP contribution in [-0.2, 0) is 0 Å². The first kappa shape index (κ1) is 11.9. The number of fused-ring (bicyclic) bond motifs is 1. The highest BCUT2D eigenvalue weighted by molar-refractivity contribution is 6.20. The molecule has 3 rings (SSSR count). The number of nitrogens with zero attached hydrogens (tertiary/aromatic N) is 2. The number of nitrogens with one attached hydrogen (secondary N) is 1. The Kier molecular flexibility index (Phi) is 3.01. The third kappa shape index (κ3) is 2.22. The number of ether oxygens (including phenoxy) is 1. The summed E-state index contributed by atoms with van der Waals surface area (Å²) in [4.78, 5) is 4.44. The number of imidazole rings is 1. The second-order valence-corrected chi connectivity index (χ2v) is 4.40. The molecule has 0 aliphatic carbocycles. The number of methoxy groups -OCH3 is 1. The number of aromatic nitrogens is 2. The lowest BCUT2D eigenvalue weighted by molar-refractivity contribution is 0.415. The van der Waals surface area contributed by atoms with Crippen LogP contribution < -0.4 is 10.1 Å². The van der Waals surface area contributed by atoms with Gasteiger partial charge >= 0.3 is 0 Å². The van der Waals surface area contributed by atoms with Crippen molar-refractivity contribution in [2.24, 2.45) is 0 Å². The third-order valence-electron chi connectivity index (χ3n) is 2.83. The summed E-state index contributed by atoms with van der Waals surface area (Å²) < 4.78 is 6.69. The van der Waals surface area contributed by atoms with Gasteiger partial charge in [0.05, 0.1) is 18.1 Å². The predicted molar refractivity (Wildman–Crippen MR) is 77.3 cm³/mol. The Balaban J connectivity index is 1.98. The Hall–Kier alpha value is -2.20. The molecule has 96 valence electrons. The summed E-state index contributed by atoms with van der Waals surface area (Å²) in [6.07, 6.45) is 0. The number of rotatable bonds is 3. The minimum Gasteiger partial charge on any atom is -0.497 e. The van der Waals surface area contributed by atoms with Crippen molar-refractivity contribution < 1.29 is 4.74 Å². The van der Waals surface area contributed by atoms with Crippen molar-refractivity contribution in [1.82, 2.24) is 9.07 Å². The second-order valence-electron chi connectivity index (χ2n) is 4.06. The van der Waals surface area contributed by atoms with Gasteiger partial charge < -0.3 is 10.1 Å². The molecule has 0 saturated carbocycles. The van der Waals surface area contributed by atoms with Crippen LogP contribution in [0, 0.1) is 0 Å². The van der Waals surface area contributed by atoms with Crippen LogP contribution in [0.15, 0.2) is 48.5 Å². The van der Waals surface area contributed by atoms with Gasteiger partial charge in [0.2, 0.25) is 5.95 Å². The predicted octanol–water partition coefficient (Wildman–Crippen LogP) is 3.79. The van der Waals surface area contributed by atoms with Gasteiger partial charge in [-0.25, -0.2) is 9.07 Å². The van der Waals surface area contributed by atoms with E-state index in [0.29, 0.717) is 5.95 Å². The lowest BCUT2D eigenvalue weighted by Crippen LogP contribution is -1.96. The molecule has 4 nitrogen and oxygen atoms in total. The van der Waals surface area contributed by atoms with Crippen molar-refractivity contribution in [2.75, 3.05) is 12.4 Å². The highest BCUT2D eigenvalue weighted by atomic mass is 35.5. The molecule has 1 aromatic heterocycles. The van der Waals surface area contributed by atoms with Crippen LogP contribution in [0.3, 0.4) is 0 Å². The van der Waals surface area contributed by atoms with E-state index in [9.17, 15) is 0 Å². The SMILES string of the molecule is COc1cccc(Nc2nc3ccccc3n2Cl)c1. The van der Waals surface area contributed by atoms with Crippen LogP contribution in [0.4, 0.5) is 11.6 Å². The molecule has 3 aromatic rings. The van der Waals surface area contributed by atoms with E-state index in [1.165, 1.54) is 4.09 Å². The zero-order chi connectivity index (χ0) is 13.2. The maximum absolute atomic E-state index is 6.24. The molecule has 0 unspecified atom stereocenters. The third-order valence-corrected chi connectivity index (χ3v) is 3.17. The molecule has 1 heterocycles. The van der Waals surface area contributed by atoms with E-state index in [2.05, 4.69) is 10.3 Å². The lowest BCUT2D eigenvalue weighted by Gasteiger charge is -2.06. The van der Waals surface area contributed by atoms with Crippen LogP contribution in [0.5, 0.6) is 5.75 Å². The minimum absolute atomic E-state index is 0.580. The van der Waals surface area contributed by atoms with Crippen molar-refractivity contribution in [3.05, 3.63) is 48.5 Å². The van der Waals surface area contributed by atoms with Crippen molar-refractivity contribution in [3.63, 3.8) is 0 Å². The van der Waals surface area contributed by atoms with Crippen molar-refractivity contribution in [1.29, 1.82) is 0 Å². The van der Waals surface area contributed by atoms with Gasteiger partial charge in [-0.3, -0.25) is 0 Å². The number of para-hydroxylation sites is 2. The molecule has 0 bridgehead atoms. The zero-order valence-corrected chi connectivity index (χ0v) is 11.1. The van der Waals surface area contributed by atoms with Crippen molar-refractivity contribution >= 4 is 34.4 Å². The summed E-state index contributed by atoms with van der Waals surface area (Å²) in [7, 11) is 1.63. The molecule has 1 N–H and O–H groups in total. The number of benzene rings is 2. The first-order valence-corrected chi connectivity index (χ1v) is 6.16. The molecule has 19 heavy (non-hydrogen) atoms. The first-order valence-electron chi connectivity index (χ1n) is 5.82.